The molecule has 0 aromatic rings. The molecule has 1 amide bonds. The predicted molar refractivity (Wildman–Crippen MR) is 62.8 cm³/mol. The molecule has 5 heteroatoms. The summed E-state index contributed by atoms with van der Waals surface area (Å²) in [4.78, 5) is 23.1. The second-order valence-electron chi connectivity index (χ2n) is 6.14. The topological polar surface area (TPSA) is 81.9 Å². The number of carbonyl (C=O) groups excluding carboxylic acids is 2. The maximum Gasteiger partial charge on any atom is 0.405 e. The summed E-state index contributed by atoms with van der Waals surface area (Å²) in [6, 6.07) is 0. The Morgan fingerprint density at radius 1 is 1.39 bits per heavy atom. The lowest BCUT2D eigenvalue weighted by atomic mass is 9.91. The van der Waals surface area contributed by atoms with Crippen molar-refractivity contribution < 1.29 is 19.1 Å². The van der Waals surface area contributed by atoms with E-state index >= 15 is 0 Å². The summed E-state index contributed by atoms with van der Waals surface area (Å²) < 4.78 is 10.1. The SMILES string of the molecule is C[C@]1(C(=O)[C@H](CC2C[C@@H]3C[C@H]3C2)OC(N)=O)CO1. The zero-order valence-electron chi connectivity index (χ0n) is 10.6. The van der Waals surface area contributed by atoms with Crippen molar-refractivity contribution in [2.75, 3.05) is 6.61 Å². The van der Waals surface area contributed by atoms with Crippen molar-refractivity contribution in [3.63, 3.8) is 0 Å². The van der Waals surface area contributed by atoms with E-state index in [0.29, 0.717) is 18.9 Å². The molecule has 0 radical (unpaired) electrons. The average molecular weight is 253 g/mol. The number of epoxide rings is 1. The summed E-state index contributed by atoms with van der Waals surface area (Å²) in [5.74, 6) is 2.06. The number of carbonyl (C=O) groups is 2. The van der Waals surface area contributed by atoms with Crippen LogP contribution in [0.5, 0.6) is 0 Å². The molecule has 18 heavy (non-hydrogen) atoms. The zero-order chi connectivity index (χ0) is 12.9. The van der Waals surface area contributed by atoms with Gasteiger partial charge in [-0.05, 0) is 50.4 Å². The molecule has 1 heterocycles. The van der Waals surface area contributed by atoms with Crippen LogP contribution in [0, 0.1) is 17.8 Å². The van der Waals surface area contributed by atoms with E-state index in [0.717, 1.165) is 24.7 Å². The number of fused-ring (bicyclic) bond motifs is 1. The molecule has 3 aliphatic rings. The van der Waals surface area contributed by atoms with Gasteiger partial charge in [-0.2, -0.15) is 0 Å². The predicted octanol–water partition coefficient (Wildman–Crippen LogP) is 1.24. The van der Waals surface area contributed by atoms with Crippen LogP contribution in [0.2, 0.25) is 0 Å². The van der Waals surface area contributed by atoms with Crippen LogP contribution in [0.4, 0.5) is 4.79 Å². The molecule has 100 valence electrons. The number of ether oxygens (including phenoxy) is 2. The quantitative estimate of drug-likeness (QED) is 0.747. The van der Waals surface area contributed by atoms with Crippen LogP contribution >= 0.6 is 0 Å². The molecule has 0 aromatic heterocycles. The highest BCUT2D eigenvalue weighted by Crippen LogP contribution is 2.55. The van der Waals surface area contributed by atoms with Gasteiger partial charge in [0.1, 0.15) is 0 Å². The first-order valence-electron chi connectivity index (χ1n) is 6.62. The van der Waals surface area contributed by atoms with Gasteiger partial charge in [0.05, 0.1) is 6.61 Å². The molecule has 2 saturated carbocycles. The minimum absolute atomic E-state index is 0.137. The van der Waals surface area contributed by atoms with Crippen LogP contribution < -0.4 is 5.73 Å². The Morgan fingerprint density at radius 2 is 2.00 bits per heavy atom. The van der Waals surface area contributed by atoms with Crippen LogP contribution in [0.15, 0.2) is 0 Å². The Hall–Kier alpha value is -1.10. The molecule has 1 saturated heterocycles. The van der Waals surface area contributed by atoms with Gasteiger partial charge in [0.15, 0.2) is 11.7 Å². The molecule has 0 unspecified atom stereocenters. The third kappa shape index (κ3) is 2.23. The molecule has 2 aliphatic carbocycles. The lowest BCUT2D eigenvalue weighted by molar-refractivity contribution is -0.132. The van der Waals surface area contributed by atoms with E-state index in [4.69, 9.17) is 15.2 Å². The van der Waals surface area contributed by atoms with E-state index in [2.05, 4.69) is 0 Å². The molecule has 0 spiro atoms. The fraction of sp³-hybridized carbons (Fsp3) is 0.846. The number of primary amides is 1. The third-order valence-corrected chi connectivity index (χ3v) is 4.54. The van der Waals surface area contributed by atoms with Gasteiger partial charge in [0.25, 0.3) is 0 Å². The normalized spacial score (nSPS) is 38.9. The molecule has 1 aliphatic heterocycles. The van der Waals surface area contributed by atoms with Gasteiger partial charge in [0, 0.05) is 0 Å². The molecule has 4 atom stereocenters. The fourth-order valence-corrected chi connectivity index (χ4v) is 3.28. The van der Waals surface area contributed by atoms with Gasteiger partial charge in [0.2, 0.25) is 5.78 Å². The van der Waals surface area contributed by atoms with E-state index in [1.165, 1.54) is 6.42 Å². The van der Waals surface area contributed by atoms with Crippen molar-refractivity contribution in [1.29, 1.82) is 0 Å². The number of rotatable bonds is 5. The van der Waals surface area contributed by atoms with Crippen LogP contribution in [-0.4, -0.2) is 30.2 Å². The van der Waals surface area contributed by atoms with Gasteiger partial charge in [-0.1, -0.05) is 0 Å². The summed E-state index contributed by atoms with van der Waals surface area (Å²) in [6.45, 7) is 2.15. The number of Topliss-reactive ketones (excluding diaryl/α,β-unsaturated/α-hetero) is 1. The summed E-state index contributed by atoms with van der Waals surface area (Å²) in [7, 11) is 0. The van der Waals surface area contributed by atoms with E-state index < -0.39 is 17.8 Å². The molecule has 3 rings (SSSR count). The van der Waals surface area contributed by atoms with Crippen molar-refractivity contribution >= 4 is 11.9 Å². The highest BCUT2D eigenvalue weighted by molar-refractivity contribution is 5.94. The molecular weight excluding hydrogens is 234 g/mol. The van der Waals surface area contributed by atoms with Crippen molar-refractivity contribution in [3.05, 3.63) is 0 Å². The number of hydrogen-bond donors (Lipinski definition) is 1. The second kappa shape index (κ2) is 3.95. The average Bonchev–Trinajstić information content (AvgIpc) is 3.18. The molecule has 3 fully saturated rings. The first-order chi connectivity index (χ1) is 8.48. The summed E-state index contributed by atoms with van der Waals surface area (Å²) in [6.07, 6.45) is 2.67. The van der Waals surface area contributed by atoms with E-state index in [-0.39, 0.29) is 5.78 Å². The van der Waals surface area contributed by atoms with Gasteiger partial charge in [-0.25, -0.2) is 4.79 Å². The Labute approximate surface area is 106 Å². The minimum Gasteiger partial charge on any atom is -0.438 e. The lowest BCUT2D eigenvalue weighted by Gasteiger charge is -2.21. The smallest absolute Gasteiger partial charge is 0.405 e. The monoisotopic (exact) mass is 253 g/mol. The zero-order valence-corrected chi connectivity index (χ0v) is 10.6. The van der Waals surface area contributed by atoms with E-state index in [1.807, 2.05) is 0 Å². The van der Waals surface area contributed by atoms with E-state index in [9.17, 15) is 9.59 Å². The Balaban J connectivity index is 1.61. The lowest BCUT2D eigenvalue weighted by Crippen LogP contribution is -2.39. The molecule has 0 bridgehead atoms. The fourth-order valence-electron chi connectivity index (χ4n) is 3.28. The Kier molecular flexibility index (Phi) is 2.62. The van der Waals surface area contributed by atoms with Crippen molar-refractivity contribution in [1.82, 2.24) is 0 Å². The van der Waals surface area contributed by atoms with Crippen LogP contribution in [0.3, 0.4) is 0 Å². The standard InChI is InChI=1S/C13H19NO4/c1-13(6-17-13)11(15)10(18-12(14)16)4-7-2-8-5-9(8)3-7/h7-10H,2-6H2,1H3,(H2,14,16)/t8-,9-,10+,13-/m1/s1. The first kappa shape index (κ1) is 12.0. The van der Waals surface area contributed by atoms with Gasteiger partial charge in [-0.3, -0.25) is 4.79 Å². The highest BCUT2D eigenvalue weighted by Gasteiger charge is 2.53. The van der Waals surface area contributed by atoms with Gasteiger partial charge in [-0.15, -0.1) is 0 Å². The molecular formula is C13H19NO4. The summed E-state index contributed by atoms with van der Waals surface area (Å²) in [5.41, 5.74) is 4.30. The maximum absolute atomic E-state index is 12.2. The van der Waals surface area contributed by atoms with Crippen molar-refractivity contribution in [2.24, 2.45) is 23.5 Å². The highest BCUT2D eigenvalue weighted by atomic mass is 16.6. The van der Waals surface area contributed by atoms with Crippen LogP contribution in [0.1, 0.15) is 32.6 Å². The maximum atomic E-state index is 12.2. The number of ketones is 1. The van der Waals surface area contributed by atoms with E-state index in [1.54, 1.807) is 6.92 Å². The van der Waals surface area contributed by atoms with Crippen molar-refractivity contribution in [3.8, 4) is 0 Å². The van der Waals surface area contributed by atoms with Crippen LogP contribution in [-0.2, 0) is 14.3 Å². The number of nitrogens with two attached hydrogens (primary N) is 1. The molecule has 0 aromatic carbocycles. The number of hydrogen-bond acceptors (Lipinski definition) is 4. The summed E-state index contributed by atoms with van der Waals surface area (Å²) >= 11 is 0. The summed E-state index contributed by atoms with van der Waals surface area (Å²) in [5, 5.41) is 0. The second-order valence-corrected chi connectivity index (χ2v) is 6.14. The number of amides is 1. The Bertz CT molecular complexity index is 380. The molecule has 5 nitrogen and oxygen atoms in total. The van der Waals surface area contributed by atoms with Gasteiger partial charge >= 0.3 is 6.09 Å². The van der Waals surface area contributed by atoms with Crippen LogP contribution in [0.25, 0.3) is 0 Å². The third-order valence-electron chi connectivity index (χ3n) is 4.54. The molecule has 2 N–H and O–H groups in total. The first-order valence-corrected chi connectivity index (χ1v) is 6.62. The Morgan fingerprint density at radius 3 is 2.50 bits per heavy atom. The largest absolute Gasteiger partial charge is 0.438 e. The minimum atomic E-state index is -0.874. The van der Waals surface area contributed by atoms with Gasteiger partial charge < -0.3 is 15.2 Å². The van der Waals surface area contributed by atoms with Crippen molar-refractivity contribution in [2.45, 2.75) is 44.3 Å².